The number of carbonyl (C=O) groups is 2. The molecule has 1 saturated heterocycles. The highest BCUT2D eigenvalue weighted by molar-refractivity contribution is 6.01. The smallest absolute Gasteiger partial charge is 0.490 e. The Bertz CT molecular complexity index is 803. The summed E-state index contributed by atoms with van der Waals surface area (Å²) in [6.07, 6.45) is -4.13. The van der Waals surface area contributed by atoms with E-state index in [9.17, 15) is 18.0 Å². The van der Waals surface area contributed by atoms with Crippen molar-refractivity contribution in [3.05, 3.63) is 23.9 Å². The Morgan fingerprint density at radius 1 is 1.21 bits per heavy atom. The molecule has 1 aromatic carbocycles. The van der Waals surface area contributed by atoms with Crippen LogP contribution in [0.5, 0.6) is 11.5 Å². The summed E-state index contributed by atoms with van der Waals surface area (Å²) in [5.41, 5.74) is 1.28. The zero-order valence-corrected chi connectivity index (χ0v) is 15.1. The Balaban J connectivity index is 0.000000345. The molecular weight excluding hydrogens is 383 g/mol. The monoisotopic (exact) mass is 403 g/mol. The van der Waals surface area contributed by atoms with E-state index in [0.29, 0.717) is 17.2 Å². The van der Waals surface area contributed by atoms with Crippen molar-refractivity contribution in [2.45, 2.75) is 18.6 Å². The number of fused-ring (bicyclic) bond motifs is 1. The van der Waals surface area contributed by atoms with Crippen LogP contribution in [-0.4, -0.2) is 61.5 Å². The van der Waals surface area contributed by atoms with Crippen LogP contribution in [0.1, 0.15) is 16.9 Å². The van der Waals surface area contributed by atoms with Crippen molar-refractivity contribution < 1.29 is 37.3 Å². The lowest BCUT2D eigenvalue weighted by atomic mass is 10.2. The molecule has 4 N–H and O–H groups in total. The van der Waals surface area contributed by atoms with E-state index in [4.69, 9.17) is 19.4 Å². The number of hydrogen-bond donors (Lipinski definition) is 4. The highest BCUT2D eigenvalue weighted by Crippen LogP contribution is 2.33. The SMILES string of the molecule is COc1ccc(OC)c2[nH]c(C(=O)N[C@@H]3CCNC3)cc12.O=C(O)C(F)(F)F. The van der Waals surface area contributed by atoms with Crippen LogP contribution in [0.4, 0.5) is 13.2 Å². The van der Waals surface area contributed by atoms with E-state index in [1.165, 1.54) is 0 Å². The maximum Gasteiger partial charge on any atom is 0.490 e. The van der Waals surface area contributed by atoms with Gasteiger partial charge in [-0.3, -0.25) is 4.79 Å². The van der Waals surface area contributed by atoms with Gasteiger partial charge in [0.15, 0.2) is 0 Å². The number of alkyl halides is 3. The zero-order valence-electron chi connectivity index (χ0n) is 15.1. The number of aromatic nitrogens is 1. The number of amides is 1. The lowest BCUT2D eigenvalue weighted by molar-refractivity contribution is -0.192. The second kappa shape index (κ2) is 8.83. The third-order valence-corrected chi connectivity index (χ3v) is 4.04. The molecule has 1 fully saturated rings. The summed E-state index contributed by atoms with van der Waals surface area (Å²) < 4.78 is 42.4. The normalized spacial score (nSPS) is 16.2. The third kappa shape index (κ3) is 5.06. The first kappa shape index (κ1) is 21.4. The summed E-state index contributed by atoms with van der Waals surface area (Å²) in [5, 5.41) is 14.2. The number of aromatic amines is 1. The molecular formula is C17H20F3N3O5. The molecule has 154 valence electrons. The summed E-state index contributed by atoms with van der Waals surface area (Å²) in [7, 11) is 3.21. The topological polar surface area (TPSA) is 113 Å². The first-order valence-electron chi connectivity index (χ1n) is 8.22. The van der Waals surface area contributed by atoms with E-state index >= 15 is 0 Å². The Hall–Kier alpha value is -2.95. The molecule has 2 heterocycles. The number of carbonyl (C=O) groups excluding carboxylic acids is 1. The summed E-state index contributed by atoms with van der Waals surface area (Å²) in [6, 6.07) is 5.64. The number of halogens is 3. The highest BCUT2D eigenvalue weighted by atomic mass is 19.4. The number of nitrogens with one attached hydrogen (secondary N) is 3. The summed E-state index contributed by atoms with van der Waals surface area (Å²) >= 11 is 0. The number of carboxylic acid groups (broad SMARTS) is 1. The van der Waals surface area contributed by atoms with Gasteiger partial charge in [0.2, 0.25) is 0 Å². The maximum atomic E-state index is 12.3. The number of methoxy groups -OCH3 is 2. The summed E-state index contributed by atoms with van der Waals surface area (Å²) in [6.45, 7) is 1.76. The van der Waals surface area contributed by atoms with Gasteiger partial charge in [0, 0.05) is 18.0 Å². The number of aliphatic carboxylic acids is 1. The molecule has 2 aromatic rings. The molecule has 0 bridgehead atoms. The van der Waals surface area contributed by atoms with Crippen molar-refractivity contribution in [3.63, 3.8) is 0 Å². The fourth-order valence-electron chi connectivity index (χ4n) is 2.68. The fraction of sp³-hybridized carbons (Fsp3) is 0.412. The number of H-pyrrole nitrogens is 1. The number of benzene rings is 1. The van der Waals surface area contributed by atoms with E-state index in [2.05, 4.69) is 15.6 Å². The Morgan fingerprint density at radius 3 is 2.32 bits per heavy atom. The van der Waals surface area contributed by atoms with Crippen LogP contribution < -0.4 is 20.1 Å². The minimum atomic E-state index is -5.08. The van der Waals surface area contributed by atoms with Gasteiger partial charge in [-0.2, -0.15) is 13.2 Å². The zero-order chi connectivity index (χ0) is 20.9. The van der Waals surface area contributed by atoms with Crippen LogP contribution in [0.3, 0.4) is 0 Å². The second-order valence-electron chi connectivity index (χ2n) is 5.91. The van der Waals surface area contributed by atoms with Gasteiger partial charge in [0.05, 0.1) is 19.7 Å². The Morgan fingerprint density at radius 2 is 1.82 bits per heavy atom. The first-order valence-corrected chi connectivity index (χ1v) is 8.22. The van der Waals surface area contributed by atoms with Crippen molar-refractivity contribution in [1.29, 1.82) is 0 Å². The third-order valence-electron chi connectivity index (χ3n) is 4.04. The molecule has 1 aliphatic heterocycles. The molecule has 0 aliphatic carbocycles. The predicted octanol–water partition coefficient (Wildman–Crippen LogP) is 1.91. The lowest BCUT2D eigenvalue weighted by Gasteiger charge is -2.09. The van der Waals surface area contributed by atoms with Crippen molar-refractivity contribution in [2.75, 3.05) is 27.3 Å². The molecule has 28 heavy (non-hydrogen) atoms. The van der Waals surface area contributed by atoms with Gasteiger partial charge in [0.25, 0.3) is 5.91 Å². The van der Waals surface area contributed by atoms with Crippen molar-refractivity contribution in [3.8, 4) is 11.5 Å². The second-order valence-corrected chi connectivity index (χ2v) is 5.91. The van der Waals surface area contributed by atoms with Crippen LogP contribution in [0.2, 0.25) is 0 Å². The predicted molar refractivity (Wildman–Crippen MR) is 93.8 cm³/mol. The van der Waals surface area contributed by atoms with Gasteiger partial charge in [-0.15, -0.1) is 0 Å². The lowest BCUT2D eigenvalue weighted by Crippen LogP contribution is -2.36. The maximum absolute atomic E-state index is 12.3. The molecule has 0 spiro atoms. The van der Waals surface area contributed by atoms with Crippen LogP contribution >= 0.6 is 0 Å². The van der Waals surface area contributed by atoms with E-state index in [1.54, 1.807) is 20.3 Å². The van der Waals surface area contributed by atoms with Gasteiger partial charge in [-0.25, -0.2) is 4.79 Å². The minimum absolute atomic E-state index is 0.107. The van der Waals surface area contributed by atoms with Crippen molar-refractivity contribution in [2.24, 2.45) is 0 Å². The molecule has 11 heteroatoms. The standard InChI is InChI=1S/C15H19N3O3.C2HF3O2/c1-20-12-3-4-13(21-2)14-10(12)7-11(18-14)15(19)17-9-5-6-16-8-9;3-2(4,5)1(6)7/h3-4,7,9,16,18H,5-6,8H2,1-2H3,(H,17,19);(H,6,7)/t9-;/m1./s1. The van der Waals surface area contributed by atoms with Gasteiger partial charge in [-0.1, -0.05) is 0 Å². The molecule has 0 saturated carbocycles. The number of carboxylic acids is 1. The summed E-state index contributed by atoms with van der Waals surface area (Å²) in [4.78, 5) is 24.3. The molecule has 0 radical (unpaired) electrons. The average Bonchev–Trinajstić information content (AvgIpc) is 3.30. The molecule has 1 amide bonds. The van der Waals surface area contributed by atoms with Crippen molar-refractivity contribution in [1.82, 2.24) is 15.6 Å². The summed E-state index contributed by atoms with van der Waals surface area (Å²) in [5.74, 6) is -1.47. The van der Waals surface area contributed by atoms with E-state index in [1.807, 2.05) is 12.1 Å². The molecule has 3 rings (SSSR count). The van der Waals surface area contributed by atoms with Gasteiger partial charge in [-0.05, 0) is 31.2 Å². The number of ether oxygens (including phenoxy) is 2. The molecule has 1 aromatic heterocycles. The molecule has 1 aliphatic rings. The van der Waals surface area contributed by atoms with Crippen LogP contribution in [-0.2, 0) is 4.79 Å². The molecule has 1 atom stereocenters. The fourth-order valence-corrected chi connectivity index (χ4v) is 2.68. The van der Waals surface area contributed by atoms with E-state index in [-0.39, 0.29) is 11.9 Å². The minimum Gasteiger partial charge on any atom is -0.496 e. The number of hydrogen-bond acceptors (Lipinski definition) is 5. The van der Waals surface area contributed by atoms with E-state index < -0.39 is 12.1 Å². The number of rotatable bonds is 4. The Kier molecular flexibility index (Phi) is 6.73. The van der Waals surface area contributed by atoms with E-state index in [0.717, 1.165) is 30.4 Å². The largest absolute Gasteiger partial charge is 0.496 e. The van der Waals surface area contributed by atoms with Gasteiger partial charge in [0.1, 0.15) is 17.2 Å². The highest BCUT2D eigenvalue weighted by Gasteiger charge is 2.38. The molecule has 8 nitrogen and oxygen atoms in total. The van der Waals surface area contributed by atoms with Crippen LogP contribution in [0.15, 0.2) is 18.2 Å². The quantitative estimate of drug-likeness (QED) is 0.621. The Labute approximate surface area is 158 Å². The van der Waals surface area contributed by atoms with Crippen molar-refractivity contribution >= 4 is 22.8 Å². The van der Waals surface area contributed by atoms with Crippen LogP contribution in [0, 0.1) is 0 Å². The average molecular weight is 403 g/mol. The van der Waals surface area contributed by atoms with Gasteiger partial charge < -0.3 is 30.2 Å². The first-order chi connectivity index (χ1) is 13.2. The molecule has 0 unspecified atom stereocenters. The van der Waals surface area contributed by atoms with Gasteiger partial charge >= 0.3 is 12.1 Å². The van der Waals surface area contributed by atoms with Crippen LogP contribution in [0.25, 0.3) is 10.9 Å².